The topological polar surface area (TPSA) is 34.1 Å². The number of ketones is 2. The molecule has 4 heteroatoms. The number of hydrogen-bond acceptors (Lipinski definition) is 2. The van der Waals surface area contributed by atoms with E-state index in [4.69, 9.17) is 0 Å². The van der Waals surface area contributed by atoms with Crippen molar-refractivity contribution in [2.45, 2.75) is 104 Å². The molecule has 0 saturated heterocycles. The molecule has 1 rings (SSSR count). The van der Waals surface area contributed by atoms with Gasteiger partial charge in [0.05, 0.1) is 0 Å². The minimum atomic E-state index is -3.21. The number of alkyl halides is 2. The number of halogens is 2. The van der Waals surface area contributed by atoms with Gasteiger partial charge in [-0.2, -0.15) is 8.78 Å². The van der Waals surface area contributed by atoms with Crippen molar-refractivity contribution >= 4 is 11.6 Å². The Morgan fingerprint density at radius 3 is 2.48 bits per heavy atom. The van der Waals surface area contributed by atoms with Crippen LogP contribution in [-0.2, 0) is 9.59 Å². The molecule has 1 aliphatic carbocycles. The molecule has 1 aliphatic rings. The quantitative estimate of drug-likeness (QED) is 0.359. The van der Waals surface area contributed by atoms with Crippen LogP contribution in [0.4, 0.5) is 8.78 Å². The third-order valence-electron chi connectivity index (χ3n) is 5.81. The molecule has 0 bridgehead atoms. The van der Waals surface area contributed by atoms with Crippen LogP contribution in [0, 0.1) is 17.8 Å². The minimum Gasteiger partial charge on any atom is -0.299 e. The average Bonchev–Trinajstić information content (AvgIpc) is 2.92. The summed E-state index contributed by atoms with van der Waals surface area (Å²) in [7, 11) is 0. The van der Waals surface area contributed by atoms with Crippen molar-refractivity contribution in [2.24, 2.45) is 17.8 Å². The van der Waals surface area contributed by atoms with E-state index in [2.05, 4.69) is 6.92 Å². The van der Waals surface area contributed by atoms with Crippen LogP contribution in [-0.4, -0.2) is 17.5 Å². The summed E-state index contributed by atoms with van der Waals surface area (Å²) in [5.74, 6) is -3.90. The van der Waals surface area contributed by atoms with Crippen molar-refractivity contribution < 1.29 is 18.4 Å². The fraction of sp³-hybridized carbons (Fsp3) is 0.905. The molecule has 1 saturated carbocycles. The van der Waals surface area contributed by atoms with Gasteiger partial charge in [0.1, 0.15) is 5.78 Å². The summed E-state index contributed by atoms with van der Waals surface area (Å²) in [6.07, 6.45) is 8.62. The van der Waals surface area contributed by atoms with Gasteiger partial charge in [0.15, 0.2) is 0 Å². The molecular formula is C21H36F2O2. The van der Waals surface area contributed by atoms with Crippen molar-refractivity contribution in [3.8, 4) is 0 Å². The Morgan fingerprint density at radius 2 is 1.84 bits per heavy atom. The molecular weight excluding hydrogens is 322 g/mol. The third-order valence-corrected chi connectivity index (χ3v) is 5.81. The smallest absolute Gasteiger partial charge is 0.299 e. The number of carbonyl (C=O) groups excluding carboxylic acids is 2. The molecule has 0 aromatic heterocycles. The molecule has 2 nitrogen and oxygen atoms in total. The maximum absolute atomic E-state index is 14.0. The van der Waals surface area contributed by atoms with Crippen molar-refractivity contribution in [2.75, 3.05) is 0 Å². The van der Waals surface area contributed by atoms with Gasteiger partial charge in [-0.05, 0) is 31.1 Å². The number of rotatable bonds is 13. The van der Waals surface area contributed by atoms with Crippen LogP contribution in [0.3, 0.4) is 0 Å². The van der Waals surface area contributed by atoms with Crippen LogP contribution in [0.25, 0.3) is 0 Å². The zero-order valence-corrected chi connectivity index (χ0v) is 16.3. The van der Waals surface area contributed by atoms with Gasteiger partial charge in [0.25, 0.3) is 0 Å². The molecule has 0 radical (unpaired) electrons. The lowest BCUT2D eigenvalue weighted by Gasteiger charge is -2.21. The maximum atomic E-state index is 14.0. The predicted octanol–water partition coefficient (Wildman–Crippen LogP) is 6.36. The lowest BCUT2D eigenvalue weighted by molar-refractivity contribution is -0.146. The van der Waals surface area contributed by atoms with Gasteiger partial charge in [-0.15, -0.1) is 0 Å². The second-order valence-electron chi connectivity index (χ2n) is 7.96. The molecule has 0 spiro atoms. The third kappa shape index (κ3) is 7.53. The molecule has 0 aliphatic heterocycles. The Bertz CT molecular complexity index is 420. The second-order valence-corrected chi connectivity index (χ2v) is 7.96. The van der Waals surface area contributed by atoms with Crippen LogP contribution in [0.2, 0.25) is 0 Å². The Hall–Kier alpha value is -0.800. The minimum absolute atomic E-state index is 0.00221. The Morgan fingerprint density at radius 1 is 1.16 bits per heavy atom. The van der Waals surface area contributed by atoms with E-state index in [0.29, 0.717) is 19.3 Å². The molecule has 3 atom stereocenters. The van der Waals surface area contributed by atoms with Gasteiger partial charge in [-0.3, -0.25) is 9.59 Å². The molecule has 1 fully saturated rings. The first-order valence-corrected chi connectivity index (χ1v) is 10.3. The second kappa shape index (κ2) is 11.0. The average molecular weight is 359 g/mol. The van der Waals surface area contributed by atoms with E-state index in [0.717, 1.165) is 25.7 Å². The Kier molecular flexibility index (Phi) is 9.81. The van der Waals surface area contributed by atoms with E-state index < -0.39 is 11.7 Å². The Balaban J connectivity index is 2.43. The van der Waals surface area contributed by atoms with Crippen LogP contribution in [0.5, 0.6) is 0 Å². The number of unbranched alkanes of at least 4 members (excludes halogenated alkanes) is 4. The predicted molar refractivity (Wildman–Crippen MR) is 97.9 cm³/mol. The lowest BCUT2D eigenvalue weighted by atomic mass is 9.85. The Labute approximate surface area is 152 Å². The normalized spacial score (nSPS) is 22.4. The summed E-state index contributed by atoms with van der Waals surface area (Å²) in [5.41, 5.74) is 0. The first-order chi connectivity index (χ1) is 11.8. The molecule has 146 valence electrons. The highest BCUT2D eigenvalue weighted by Crippen LogP contribution is 2.37. The number of Topliss-reactive ketones (excluding diaryl/α,β-unsaturated/α-hetero) is 2. The molecule has 0 heterocycles. The highest BCUT2D eigenvalue weighted by Gasteiger charge is 2.40. The van der Waals surface area contributed by atoms with Gasteiger partial charge in [-0.25, -0.2) is 0 Å². The van der Waals surface area contributed by atoms with E-state index in [9.17, 15) is 18.4 Å². The maximum Gasteiger partial charge on any atom is 0.305 e. The SMILES string of the molecule is CCCCCCC[C@H]1C(=O)CC[C@@H]1CCC(=O)C(F)(F)C[C@H](C)CC. The van der Waals surface area contributed by atoms with Crippen LogP contribution in [0.15, 0.2) is 0 Å². The number of hydrogen-bond donors (Lipinski definition) is 0. The summed E-state index contributed by atoms with van der Waals surface area (Å²) in [4.78, 5) is 24.1. The molecule has 0 N–H and O–H groups in total. The summed E-state index contributed by atoms with van der Waals surface area (Å²) in [5, 5.41) is 0. The molecule has 0 unspecified atom stereocenters. The first-order valence-electron chi connectivity index (χ1n) is 10.3. The van der Waals surface area contributed by atoms with E-state index in [1.165, 1.54) is 19.3 Å². The lowest BCUT2D eigenvalue weighted by Crippen LogP contribution is -2.31. The van der Waals surface area contributed by atoms with Gasteiger partial charge < -0.3 is 0 Å². The molecule has 0 aromatic rings. The highest BCUT2D eigenvalue weighted by molar-refractivity contribution is 5.86. The summed E-state index contributed by atoms with van der Waals surface area (Å²) in [6.45, 7) is 5.79. The summed E-state index contributed by atoms with van der Waals surface area (Å²) < 4.78 is 28.0. The highest BCUT2D eigenvalue weighted by atomic mass is 19.3. The van der Waals surface area contributed by atoms with Crippen molar-refractivity contribution in [1.82, 2.24) is 0 Å². The molecule has 0 aromatic carbocycles. The molecule has 25 heavy (non-hydrogen) atoms. The van der Waals surface area contributed by atoms with Crippen LogP contribution >= 0.6 is 0 Å². The zero-order chi connectivity index (χ0) is 18.9. The number of carbonyl (C=O) groups is 2. The molecule has 0 amide bonds. The van der Waals surface area contributed by atoms with Gasteiger partial charge in [0.2, 0.25) is 5.78 Å². The fourth-order valence-corrected chi connectivity index (χ4v) is 3.88. The zero-order valence-electron chi connectivity index (χ0n) is 16.3. The monoisotopic (exact) mass is 358 g/mol. The largest absolute Gasteiger partial charge is 0.305 e. The van der Waals surface area contributed by atoms with Gasteiger partial charge in [0, 0.05) is 25.2 Å². The van der Waals surface area contributed by atoms with E-state index in [1.807, 2.05) is 6.92 Å². The first kappa shape index (κ1) is 22.2. The van der Waals surface area contributed by atoms with E-state index >= 15 is 0 Å². The van der Waals surface area contributed by atoms with Crippen LogP contribution < -0.4 is 0 Å². The standard InChI is InChI=1S/C21H36F2O2/c1-4-6-7-8-9-10-18-17(11-13-19(18)24)12-14-20(25)21(22,23)15-16(3)5-2/h16-18H,4-15H2,1-3H3/t16-,17-,18-/m1/s1. The van der Waals surface area contributed by atoms with Crippen molar-refractivity contribution in [3.63, 3.8) is 0 Å². The van der Waals surface area contributed by atoms with Gasteiger partial charge in [-0.1, -0.05) is 59.3 Å². The summed E-state index contributed by atoms with van der Waals surface area (Å²) >= 11 is 0. The van der Waals surface area contributed by atoms with Gasteiger partial charge >= 0.3 is 5.92 Å². The van der Waals surface area contributed by atoms with E-state index in [-0.39, 0.29) is 36.4 Å². The fourth-order valence-electron chi connectivity index (χ4n) is 3.88. The summed E-state index contributed by atoms with van der Waals surface area (Å²) in [6, 6.07) is 0. The van der Waals surface area contributed by atoms with Crippen molar-refractivity contribution in [1.29, 1.82) is 0 Å². The van der Waals surface area contributed by atoms with Crippen molar-refractivity contribution in [3.05, 3.63) is 0 Å². The van der Waals surface area contributed by atoms with E-state index in [1.54, 1.807) is 6.92 Å². The van der Waals surface area contributed by atoms with Crippen LogP contribution in [0.1, 0.15) is 97.8 Å².